The van der Waals surface area contributed by atoms with Crippen molar-refractivity contribution in [3.8, 4) is 0 Å². The molecule has 0 N–H and O–H groups in total. The van der Waals surface area contributed by atoms with Gasteiger partial charge in [-0.05, 0) is 5.56 Å². The minimum Gasteiger partial charge on any atom is -0.200 e. The van der Waals surface area contributed by atoms with E-state index in [0.717, 1.165) is 46.9 Å². The van der Waals surface area contributed by atoms with Crippen molar-refractivity contribution in [3.63, 3.8) is 0 Å². The summed E-state index contributed by atoms with van der Waals surface area (Å²) in [5, 5.41) is 0. The van der Waals surface area contributed by atoms with Crippen LogP contribution in [0.2, 0.25) is 0 Å². The normalized spacial score (nSPS) is 16.5. The molecule has 1 unspecified atom stereocenters. The third-order valence-electron chi connectivity index (χ3n) is 4.38. The van der Waals surface area contributed by atoms with Crippen LogP contribution in [0.15, 0.2) is 30.3 Å². The SMILES string of the molecule is FC(F)(F)C(F)(F)C(F)(F)C(F)(F)C(F)(F)C(F)(F)C(F)(F)C(F)(F)CC(I)c1ccccc1. The molecule has 0 aliphatic heterocycles. The van der Waals surface area contributed by atoms with Crippen LogP contribution in [0.5, 0.6) is 0 Å². The Morgan fingerprint density at radius 1 is 0.500 bits per heavy atom. The van der Waals surface area contributed by atoms with Gasteiger partial charge in [0.15, 0.2) is 0 Å². The molecule has 34 heavy (non-hydrogen) atoms. The predicted molar refractivity (Wildman–Crippen MR) is 88.5 cm³/mol. The van der Waals surface area contributed by atoms with Crippen LogP contribution >= 0.6 is 22.6 Å². The van der Waals surface area contributed by atoms with Crippen LogP contribution in [0.4, 0.5) is 74.6 Å². The maximum absolute atomic E-state index is 13.9. The number of benzene rings is 1. The highest BCUT2D eigenvalue weighted by molar-refractivity contribution is 14.1. The van der Waals surface area contributed by atoms with E-state index in [1.54, 1.807) is 0 Å². The highest BCUT2D eigenvalue weighted by atomic mass is 127. The van der Waals surface area contributed by atoms with Crippen molar-refractivity contribution in [2.24, 2.45) is 0 Å². The summed E-state index contributed by atoms with van der Waals surface area (Å²) >= 11 is 0.932. The number of halogens is 18. The van der Waals surface area contributed by atoms with Crippen molar-refractivity contribution in [1.82, 2.24) is 0 Å². The molecule has 1 atom stereocenters. The molecule has 1 aromatic rings. The molecule has 1 aromatic carbocycles. The fourth-order valence-electron chi connectivity index (χ4n) is 2.33. The standard InChI is InChI=1S/C16H8F17I/c17-9(18,6-8(34)7-4-2-1-3-5-7)10(19,20)11(21,22)12(23,24)13(25,26)14(27,28)15(29,30)16(31,32)33/h1-5,8H,6H2. The minimum atomic E-state index is -8.61. The summed E-state index contributed by atoms with van der Waals surface area (Å²) in [6, 6.07) is 5.46. The topological polar surface area (TPSA) is 0 Å². The van der Waals surface area contributed by atoms with Gasteiger partial charge in [-0.1, -0.05) is 52.9 Å². The number of hydrogen-bond donors (Lipinski definition) is 0. The molecule has 0 bridgehead atoms. The van der Waals surface area contributed by atoms with Crippen molar-refractivity contribution < 1.29 is 74.6 Å². The summed E-state index contributed by atoms with van der Waals surface area (Å²) < 4.78 is 223. The van der Waals surface area contributed by atoms with Crippen LogP contribution in [0, 0.1) is 0 Å². The Hall–Kier alpha value is -1.24. The highest BCUT2D eigenvalue weighted by Crippen LogP contribution is 2.64. The zero-order valence-corrected chi connectivity index (χ0v) is 17.6. The summed E-state index contributed by atoms with van der Waals surface area (Å²) in [7, 11) is 0. The van der Waals surface area contributed by atoms with Gasteiger partial charge < -0.3 is 0 Å². The maximum Gasteiger partial charge on any atom is 0.460 e. The van der Waals surface area contributed by atoms with Crippen molar-refractivity contribution >= 4 is 22.6 Å². The zero-order chi connectivity index (χ0) is 27.4. The molecule has 1 rings (SSSR count). The Morgan fingerprint density at radius 2 is 0.824 bits per heavy atom. The third kappa shape index (κ3) is 4.39. The Balaban J connectivity index is 3.53. The van der Waals surface area contributed by atoms with Gasteiger partial charge in [0.2, 0.25) is 0 Å². The molecule has 0 radical (unpaired) electrons. The highest BCUT2D eigenvalue weighted by Gasteiger charge is 2.95. The summed E-state index contributed by atoms with van der Waals surface area (Å²) in [5.74, 6) is -56.1. The van der Waals surface area contributed by atoms with Crippen molar-refractivity contribution in [3.05, 3.63) is 35.9 Å². The fraction of sp³-hybridized carbons (Fsp3) is 0.625. The van der Waals surface area contributed by atoms with Gasteiger partial charge in [-0.2, -0.15) is 74.6 Å². The van der Waals surface area contributed by atoms with Crippen LogP contribution in [0.3, 0.4) is 0 Å². The van der Waals surface area contributed by atoms with Gasteiger partial charge in [0.25, 0.3) is 0 Å². The van der Waals surface area contributed by atoms with Gasteiger partial charge in [0.05, 0.1) is 0 Å². The van der Waals surface area contributed by atoms with Gasteiger partial charge in [-0.15, -0.1) is 0 Å². The predicted octanol–water partition coefficient (Wildman–Crippen LogP) is 8.56. The summed E-state index contributed by atoms with van der Waals surface area (Å²) in [6.45, 7) is 0. The molecule has 0 spiro atoms. The van der Waals surface area contributed by atoms with E-state index in [2.05, 4.69) is 0 Å². The lowest BCUT2D eigenvalue weighted by atomic mass is 9.87. The second kappa shape index (κ2) is 8.70. The van der Waals surface area contributed by atoms with E-state index in [4.69, 9.17) is 0 Å². The number of hydrogen-bond acceptors (Lipinski definition) is 0. The Labute approximate surface area is 191 Å². The van der Waals surface area contributed by atoms with E-state index in [9.17, 15) is 74.6 Å². The lowest BCUT2D eigenvalue weighted by Crippen LogP contribution is -2.74. The fourth-order valence-corrected chi connectivity index (χ4v) is 3.30. The smallest absolute Gasteiger partial charge is 0.200 e. The van der Waals surface area contributed by atoms with Gasteiger partial charge in [-0.3, -0.25) is 0 Å². The van der Waals surface area contributed by atoms with Crippen LogP contribution in [0.1, 0.15) is 15.9 Å². The van der Waals surface area contributed by atoms with Gasteiger partial charge in [-0.25, -0.2) is 0 Å². The van der Waals surface area contributed by atoms with Crippen LogP contribution < -0.4 is 0 Å². The first kappa shape index (κ1) is 30.8. The van der Waals surface area contributed by atoms with Gasteiger partial charge >= 0.3 is 47.6 Å². The molecule has 0 fully saturated rings. The van der Waals surface area contributed by atoms with E-state index in [0.29, 0.717) is 0 Å². The molecule has 0 aliphatic carbocycles. The molecule has 0 heterocycles. The van der Waals surface area contributed by atoms with Gasteiger partial charge in [0, 0.05) is 10.3 Å². The molecular formula is C16H8F17I. The monoisotopic (exact) mass is 650 g/mol. The molecule has 0 saturated carbocycles. The molecule has 0 aliphatic rings. The number of rotatable bonds is 9. The lowest BCUT2D eigenvalue weighted by Gasteiger charge is -2.43. The molecular weight excluding hydrogens is 642 g/mol. The second-order valence-corrected chi connectivity index (χ2v) is 8.23. The molecule has 0 aromatic heterocycles. The van der Waals surface area contributed by atoms with Crippen molar-refractivity contribution in [2.75, 3.05) is 0 Å². The minimum absolute atomic E-state index is 0.296. The van der Waals surface area contributed by atoms with E-state index in [1.807, 2.05) is 0 Å². The zero-order valence-electron chi connectivity index (χ0n) is 15.5. The van der Waals surface area contributed by atoms with E-state index in [1.165, 1.54) is 6.07 Å². The average molecular weight is 650 g/mol. The van der Waals surface area contributed by atoms with Crippen molar-refractivity contribution in [1.29, 1.82) is 0 Å². The molecule has 198 valence electrons. The van der Waals surface area contributed by atoms with Crippen molar-refractivity contribution in [2.45, 2.75) is 58.0 Å². The molecule has 0 amide bonds. The van der Waals surface area contributed by atoms with E-state index >= 15 is 0 Å². The lowest BCUT2D eigenvalue weighted by molar-refractivity contribution is -0.461. The first-order chi connectivity index (χ1) is 14.7. The molecule has 0 nitrogen and oxygen atoms in total. The Morgan fingerprint density at radius 3 is 1.18 bits per heavy atom. The van der Waals surface area contributed by atoms with E-state index < -0.39 is 58.0 Å². The summed E-state index contributed by atoms with van der Waals surface area (Å²) in [4.78, 5) is 0. The average Bonchev–Trinajstić information content (AvgIpc) is 2.66. The molecule has 0 saturated heterocycles. The van der Waals surface area contributed by atoms with Crippen LogP contribution in [-0.4, -0.2) is 47.6 Å². The Bertz CT molecular complexity index is 843. The number of alkyl halides is 18. The first-order valence-electron chi connectivity index (χ1n) is 8.14. The van der Waals surface area contributed by atoms with Gasteiger partial charge in [0.1, 0.15) is 0 Å². The second-order valence-electron chi connectivity index (χ2n) is 6.73. The van der Waals surface area contributed by atoms with Crippen LogP contribution in [0.25, 0.3) is 0 Å². The van der Waals surface area contributed by atoms with E-state index in [-0.39, 0.29) is 5.56 Å². The third-order valence-corrected chi connectivity index (χ3v) is 5.54. The quantitative estimate of drug-likeness (QED) is 0.143. The summed E-state index contributed by atoms with van der Waals surface area (Å²) in [6.07, 6.45) is -10.3. The largest absolute Gasteiger partial charge is 0.460 e. The first-order valence-corrected chi connectivity index (χ1v) is 9.39. The Kier molecular flexibility index (Phi) is 7.88. The van der Waals surface area contributed by atoms with Crippen LogP contribution in [-0.2, 0) is 0 Å². The summed E-state index contributed by atoms with van der Waals surface area (Å²) in [5.41, 5.74) is -0.296. The molecule has 18 heteroatoms. The maximum atomic E-state index is 13.9.